The summed E-state index contributed by atoms with van der Waals surface area (Å²) in [5, 5.41) is 0.570. The highest BCUT2D eigenvalue weighted by Gasteiger charge is 2.31. The Hall–Kier alpha value is -4.37. The summed E-state index contributed by atoms with van der Waals surface area (Å²) >= 11 is 6.87. The van der Waals surface area contributed by atoms with E-state index in [4.69, 9.17) is 19.3 Å². The molecule has 4 aromatic rings. The average Bonchev–Trinajstić information content (AvgIpc) is 3.00. The van der Waals surface area contributed by atoms with E-state index in [1.54, 1.807) is 23.2 Å². The van der Waals surface area contributed by atoms with E-state index < -0.39 is 18.0 Å². The Labute approximate surface area is 258 Å². The molecule has 1 aliphatic heterocycles. The predicted octanol–water partition coefficient (Wildman–Crippen LogP) is 6.19. The molecule has 43 heavy (non-hydrogen) atoms. The number of benzene rings is 1. The molecule has 0 saturated carbocycles. The van der Waals surface area contributed by atoms with Gasteiger partial charge < -0.3 is 9.80 Å². The molecule has 5 rings (SSSR count). The zero-order valence-electron chi connectivity index (χ0n) is 26.6. The predicted molar refractivity (Wildman–Crippen MR) is 170 cm³/mol. The molecule has 0 aliphatic carbocycles. The first-order valence-corrected chi connectivity index (χ1v) is 14.6. The van der Waals surface area contributed by atoms with Crippen LogP contribution in [-0.4, -0.2) is 56.0 Å². The summed E-state index contributed by atoms with van der Waals surface area (Å²) in [5.74, 6) is -0.512. The third-order valence-corrected chi connectivity index (χ3v) is 8.10. The topological polar surface area (TPSA) is 84.2 Å². The maximum atomic E-state index is 15.5. The molecule has 1 saturated heterocycles. The summed E-state index contributed by atoms with van der Waals surface area (Å²) in [6, 6.07) is 7.59. The number of pyridine rings is 2. The molecule has 1 fully saturated rings. The van der Waals surface area contributed by atoms with Crippen LogP contribution in [0.15, 0.2) is 60.5 Å². The molecular formula is C33H34ClFN6O2. The van der Waals surface area contributed by atoms with Crippen LogP contribution in [0.3, 0.4) is 0 Å². The number of hydrogen-bond acceptors (Lipinski definition) is 6. The van der Waals surface area contributed by atoms with Crippen molar-refractivity contribution in [2.45, 2.75) is 46.1 Å². The minimum absolute atomic E-state index is 0.00895. The van der Waals surface area contributed by atoms with E-state index in [-0.39, 0.29) is 45.4 Å². The number of piperazine rings is 1. The number of fused-ring (bicyclic) bond motifs is 1. The van der Waals surface area contributed by atoms with Gasteiger partial charge in [-0.2, -0.15) is 4.98 Å². The van der Waals surface area contributed by atoms with Crippen LogP contribution in [0.4, 0.5) is 10.2 Å². The monoisotopic (exact) mass is 604 g/mol. The largest absolute Gasteiger partial charge is 0.355 e. The van der Waals surface area contributed by atoms with Crippen LogP contribution in [0.2, 0.25) is 5.02 Å². The van der Waals surface area contributed by atoms with Gasteiger partial charge in [-0.15, -0.1) is 0 Å². The Bertz CT molecular complexity index is 1910. The minimum Gasteiger partial charge on any atom is -0.350 e. The van der Waals surface area contributed by atoms with Crippen molar-refractivity contribution in [3.63, 3.8) is 0 Å². The molecule has 1 aromatic carbocycles. The highest BCUT2D eigenvalue weighted by atomic mass is 35.5. The highest BCUT2D eigenvalue weighted by Crippen LogP contribution is 2.37. The molecule has 4 heterocycles. The van der Waals surface area contributed by atoms with Crippen molar-refractivity contribution in [2.24, 2.45) is 0 Å². The number of halogens is 2. The Balaban J connectivity index is 1.87. The van der Waals surface area contributed by atoms with Crippen molar-refractivity contribution in [3.05, 3.63) is 93.9 Å². The maximum Gasteiger partial charge on any atom is 0.355 e. The normalized spacial score (nSPS) is 15.8. The lowest BCUT2D eigenvalue weighted by atomic mass is 10.0. The van der Waals surface area contributed by atoms with Crippen LogP contribution in [-0.2, 0) is 11.2 Å². The van der Waals surface area contributed by atoms with Gasteiger partial charge in [0.2, 0.25) is 5.91 Å². The molecule has 1 atom stereocenters. The molecule has 0 radical (unpaired) electrons. The standard InChI is InChI=1S/C33H34ClFN6O2/c1-7-21-11-10-12-25(35)27(21)29-24(34)17-23-31(40-16-15-39(18-20(40)6)26(42)9-3)38-33(43)41(32(23)37-29)30-22(8-2)13-14-36-28(30)19(4)5/h7,9-14,17,19-20H,1,3,8,15-16,18H2,2,4-6H3/t20-/m0/s1/i1D2,42+2. The van der Waals surface area contributed by atoms with Crippen LogP contribution in [0.25, 0.3) is 34.1 Å². The van der Waals surface area contributed by atoms with Gasteiger partial charge in [0.15, 0.2) is 5.65 Å². The van der Waals surface area contributed by atoms with Gasteiger partial charge in [0, 0.05) is 37.4 Å². The third kappa shape index (κ3) is 5.33. The minimum atomic E-state index is -0.642. The van der Waals surface area contributed by atoms with Crippen molar-refractivity contribution < 1.29 is 11.9 Å². The van der Waals surface area contributed by atoms with Gasteiger partial charge in [-0.1, -0.05) is 63.7 Å². The molecule has 0 bridgehead atoms. The summed E-state index contributed by atoms with van der Waals surface area (Å²) in [7, 11) is 0. The lowest BCUT2D eigenvalue weighted by Crippen LogP contribution is -2.54. The second kappa shape index (κ2) is 12.1. The number of rotatable bonds is 7. The van der Waals surface area contributed by atoms with Gasteiger partial charge in [0.1, 0.15) is 11.6 Å². The molecule has 8 nitrogen and oxygen atoms in total. The van der Waals surface area contributed by atoms with E-state index in [1.165, 1.54) is 28.9 Å². The fraction of sp³-hybridized carbons (Fsp3) is 0.303. The summed E-state index contributed by atoms with van der Waals surface area (Å²) in [4.78, 5) is 44.3. The first-order valence-electron chi connectivity index (χ1n) is 15.2. The molecular weight excluding hydrogens is 569 g/mol. The average molecular weight is 605 g/mol. The summed E-state index contributed by atoms with van der Waals surface area (Å²) in [5.41, 5.74) is 2.04. The first-order chi connectivity index (χ1) is 21.5. The molecule has 0 spiro atoms. The van der Waals surface area contributed by atoms with Gasteiger partial charge in [-0.05, 0) is 54.7 Å². The second-order valence-electron chi connectivity index (χ2n) is 10.8. The van der Waals surface area contributed by atoms with Crippen molar-refractivity contribution in [3.8, 4) is 16.9 Å². The van der Waals surface area contributed by atoms with Crippen molar-refractivity contribution in [2.75, 3.05) is 24.5 Å². The van der Waals surface area contributed by atoms with Crippen LogP contribution in [0.1, 0.15) is 53.2 Å². The Kier molecular flexibility index (Phi) is 7.72. The third-order valence-electron chi connectivity index (χ3n) is 7.81. The van der Waals surface area contributed by atoms with E-state index in [0.717, 1.165) is 5.56 Å². The fourth-order valence-electron chi connectivity index (χ4n) is 5.69. The van der Waals surface area contributed by atoms with Gasteiger partial charge in [0.25, 0.3) is 0 Å². The number of hydrogen-bond donors (Lipinski definition) is 0. The SMILES string of the molecule is [2H]C([2H])=Cc1cccc(F)c1-c1nc2c(cc1Cl)c(N1CCN(C(=[18O])C=C)C[C@@H]1C)nc(=O)n2-c1c(CC)ccnc1C(C)C. The number of carbonyl (C=O) groups is 1. The summed E-state index contributed by atoms with van der Waals surface area (Å²) in [6.45, 7) is 12.2. The summed E-state index contributed by atoms with van der Waals surface area (Å²) < 4.78 is 32.3. The van der Waals surface area contributed by atoms with Gasteiger partial charge >= 0.3 is 5.69 Å². The number of carbonyl (C=O) groups excluding carboxylic acids is 1. The van der Waals surface area contributed by atoms with E-state index in [9.17, 15) is 9.59 Å². The molecule has 3 aromatic heterocycles. The maximum absolute atomic E-state index is 15.5. The van der Waals surface area contributed by atoms with Crippen LogP contribution >= 0.6 is 11.6 Å². The van der Waals surface area contributed by atoms with Gasteiger partial charge in [-0.25, -0.2) is 18.7 Å². The van der Waals surface area contributed by atoms with Gasteiger partial charge in [-0.3, -0.25) is 9.78 Å². The second-order valence-corrected chi connectivity index (χ2v) is 11.2. The van der Waals surface area contributed by atoms with Crippen molar-refractivity contribution >= 4 is 40.4 Å². The fourth-order valence-corrected chi connectivity index (χ4v) is 5.94. The molecule has 1 amide bonds. The van der Waals surface area contributed by atoms with Crippen molar-refractivity contribution in [1.29, 1.82) is 0 Å². The van der Waals surface area contributed by atoms with E-state index in [2.05, 4.69) is 16.5 Å². The molecule has 1 aliphatic rings. The molecule has 222 valence electrons. The van der Waals surface area contributed by atoms with Gasteiger partial charge in [0.05, 0.1) is 30.2 Å². The lowest BCUT2D eigenvalue weighted by Gasteiger charge is -2.40. The van der Waals surface area contributed by atoms with Crippen LogP contribution < -0.4 is 10.6 Å². The van der Waals surface area contributed by atoms with E-state index >= 15 is 4.39 Å². The number of nitrogens with zero attached hydrogens (tertiary/aromatic N) is 6. The van der Waals surface area contributed by atoms with E-state index in [0.29, 0.717) is 48.6 Å². The Morgan fingerprint density at radius 3 is 2.77 bits per heavy atom. The first kappa shape index (κ1) is 27.5. The highest BCUT2D eigenvalue weighted by molar-refractivity contribution is 6.34. The Morgan fingerprint density at radius 1 is 1.30 bits per heavy atom. The van der Waals surface area contributed by atoms with Crippen LogP contribution in [0, 0.1) is 5.82 Å². The quantitative estimate of drug-likeness (QED) is 0.185. The molecule has 10 heteroatoms. The zero-order chi connectivity index (χ0) is 32.6. The van der Waals surface area contributed by atoms with E-state index in [1.807, 2.05) is 38.7 Å². The summed E-state index contributed by atoms with van der Waals surface area (Å²) in [6.07, 6.45) is 4.81. The number of anilines is 1. The number of amides is 1. The molecule has 0 N–H and O–H groups in total. The lowest BCUT2D eigenvalue weighted by molar-refractivity contribution is -0.126. The van der Waals surface area contributed by atoms with Crippen molar-refractivity contribution in [1.82, 2.24) is 24.4 Å². The number of aryl methyl sites for hydroxylation is 1. The Morgan fingerprint density at radius 2 is 2.09 bits per heavy atom. The van der Waals surface area contributed by atoms with Crippen LogP contribution in [0.5, 0.6) is 0 Å². The molecule has 0 unspecified atom stereocenters. The number of aromatic nitrogens is 4. The zero-order valence-corrected chi connectivity index (χ0v) is 25.3. The smallest absolute Gasteiger partial charge is 0.350 e.